The van der Waals surface area contributed by atoms with Crippen LogP contribution in [0.25, 0.3) is 0 Å². The van der Waals surface area contributed by atoms with Crippen LogP contribution in [-0.4, -0.2) is 25.1 Å². The van der Waals surface area contributed by atoms with Crippen molar-refractivity contribution in [1.29, 1.82) is 0 Å². The zero-order valence-electron chi connectivity index (χ0n) is 12.8. The summed E-state index contributed by atoms with van der Waals surface area (Å²) in [5, 5.41) is 2.54. The number of amides is 1. The van der Waals surface area contributed by atoms with Gasteiger partial charge in [-0.05, 0) is 31.2 Å². The quantitative estimate of drug-likeness (QED) is 0.824. The van der Waals surface area contributed by atoms with Crippen molar-refractivity contribution < 1.29 is 27.8 Å². The van der Waals surface area contributed by atoms with Gasteiger partial charge in [0.15, 0.2) is 6.61 Å². The molecule has 7 heteroatoms. The fraction of sp³-hybridized carbons (Fsp3) is 0.176. The van der Waals surface area contributed by atoms with Crippen molar-refractivity contribution in [2.45, 2.75) is 6.92 Å². The van der Waals surface area contributed by atoms with Gasteiger partial charge >= 0.3 is 5.97 Å². The molecule has 0 bridgehead atoms. The summed E-state index contributed by atoms with van der Waals surface area (Å²) in [6.07, 6.45) is 0. The monoisotopic (exact) mass is 335 g/mol. The Bertz CT molecular complexity index is 729. The number of nitrogens with one attached hydrogen (secondary N) is 1. The van der Waals surface area contributed by atoms with Gasteiger partial charge in [-0.3, -0.25) is 4.79 Å². The zero-order valence-corrected chi connectivity index (χ0v) is 12.8. The number of hydrogen-bond donors (Lipinski definition) is 1. The normalized spacial score (nSPS) is 10.1. The largest absolute Gasteiger partial charge is 0.492 e. The van der Waals surface area contributed by atoms with E-state index in [-0.39, 0.29) is 5.56 Å². The van der Waals surface area contributed by atoms with Crippen molar-refractivity contribution in [3.63, 3.8) is 0 Å². The minimum absolute atomic E-state index is 0.310. The third-order valence-electron chi connectivity index (χ3n) is 2.89. The number of anilines is 1. The SMILES string of the molecule is CCOc1ccccc1NC(=O)COC(=O)c1cc(F)cc(F)c1. The summed E-state index contributed by atoms with van der Waals surface area (Å²) in [5.74, 6) is -2.94. The molecule has 24 heavy (non-hydrogen) atoms. The number of rotatable bonds is 6. The van der Waals surface area contributed by atoms with Crippen LogP contribution in [0.4, 0.5) is 14.5 Å². The van der Waals surface area contributed by atoms with Gasteiger partial charge in [-0.25, -0.2) is 13.6 Å². The van der Waals surface area contributed by atoms with Crippen LogP contribution in [0.5, 0.6) is 5.75 Å². The average molecular weight is 335 g/mol. The van der Waals surface area contributed by atoms with E-state index < -0.39 is 30.1 Å². The van der Waals surface area contributed by atoms with Gasteiger partial charge in [-0.1, -0.05) is 12.1 Å². The van der Waals surface area contributed by atoms with Crippen LogP contribution in [0.3, 0.4) is 0 Å². The van der Waals surface area contributed by atoms with Gasteiger partial charge in [-0.2, -0.15) is 0 Å². The molecule has 0 atom stereocenters. The first-order valence-corrected chi connectivity index (χ1v) is 7.14. The van der Waals surface area contributed by atoms with E-state index in [2.05, 4.69) is 5.32 Å². The maximum atomic E-state index is 13.1. The second kappa shape index (κ2) is 8.05. The summed E-state index contributed by atoms with van der Waals surface area (Å²) < 4.78 is 36.2. The van der Waals surface area contributed by atoms with Crippen LogP contribution >= 0.6 is 0 Å². The summed E-state index contributed by atoms with van der Waals surface area (Å²) in [6, 6.07) is 9.06. The second-order valence-corrected chi connectivity index (χ2v) is 4.71. The molecule has 5 nitrogen and oxygen atoms in total. The highest BCUT2D eigenvalue weighted by Gasteiger charge is 2.14. The fourth-order valence-corrected chi connectivity index (χ4v) is 1.92. The molecule has 126 valence electrons. The van der Waals surface area contributed by atoms with Gasteiger partial charge in [0.05, 0.1) is 17.9 Å². The fourth-order valence-electron chi connectivity index (χ4n) is 1.92. The van der Waals surface area contributed by atoms with E-state index in [1.54, 1.807) is 31.2 Å². The number of halogens is 2. The molecule has 0 radical (unpaired) electrons. The van der Waals surface area contributed by atoms with Crippen molar-refractivity contribution in [2.75, 3.05) is 18.5 Å². The molecule has 2 aromatic carbocycles. The maximum Gasteiger partial charge on any atom is 0.338 e. The highest BCUT2D eigenvalue weighted by molar-refractivity contribution is 5.96. The predicted molar refractivity (Wildman–Crippen MR) is 82.9 cm³/mol. The Labute approximate surface area is 137 Å². The van der Waals surface area contributed by atoms with Gasteiger partial charge in [0.2, 0.25) is 0 Å². The van der Waals surface area contributed by atoms with Crippen LogP contribution < -0.4 is 10.1 Å². The number of benzene rings is 2. The van der Waals surface area contributed by atoms with E-state index in [1.165, 1.54) is 0 Å². The number of esters is 1. The van der Waals surface area contributed by atoms with Crippen molar-refractivity contribution in [3.8, 4) is 5.75 Å². The average Bonchev–Trinajstić information content (AvgIpc) is 2.54. The molecule has 1 N–H and O–H groups in total. The van der Waals surface area contributed by atoms with Crippen molar-refractivity contribution >= 4 is 17.6 Å². The molecular formula is C17H15F2NO4. The van der Waals surface area contributed by atoms with Crippen molar-refractivity contribution in [2.24, 2.45) is 0 Å². The molecule has 0 unspecified atom stereocenters. The number of hydrogen-bond acceptors (Lipinski definition) is 4. The Morgan fingerprint density at radius 2 is 1.75 bits per heavy atom. The lowest BCUT2D eigenvalue weighted by Crippen LogP contribution is -2.21. The molecule has 0 aliphatic heterocycles. The summed E-state index contributed by atoms with van der Waals surface area (Å²) in [6.45, 7) is 1.63. The Hall–Kier alpha value is -2.96. The molecule has 1 amide bonds. The van der Waals surface area contributed by atoms with Gasteiger partial charge < -0.3 is 14.8 Å². The van der Waals surface area contributed by atoms with Gasteiger partial charge in [0.25, 0.3) is 5.91 Å². The standard InChI is InChI=1S/C17H15F2NO4/c1-2-23-15-6-4-3-5-14(15)20-16(21)10-24-17(22)11-7-12(18)9-13(19)8-11/h3-9H,2,10H2,1H3,(H,20,21). The minimum Gasteiger partial charge on any atom is -0.492 e. The van der Waals surface area contributed by atoms with Crippen molar-refractivity contribution in [3.05, 3.63) is 59.7 Å². The number of para-hydroxylation sites is 2. The van der Waals surface area contributed by atoms with Crippen molar-refractivity contribution in [1.82, 2.24) is 0 Å². The lowest BCUT2D eigenvalue weighted by atomic mass is 10.2. The van der Waals surface area contributed by atoms with Crippen LogP contribution in [-0.2, 0) is 9.53 Å². The van der Waals surface area contributed by atoms with Crippen LogP contribution in [0.1, 0.15) is 17.3 Å². The third kappa shape index (κ3) is 4.77. The number of carbonyl (C=O) groups is 2. The molecule has 0 aliphatic carbocycles. The first-order chi connectivity index (χ1) is 11.5. The molecule has 0 heterocycles. The summed E-state index contributed by atoms with van der Waals surface area (Å²) in [5.41, 5.74) is 0.118. The number of ether oxygens (including phenoxy) is 2. The first-order valence-electron chi connectivity index (χ1n) is 7.14. The molecule has 0 spiro atoms. The zero-order chi connectivity index (χ0) is 17.5. The van der Waals surface area contributed by atoms with Gasteiger partial charge in [0, 0.05) is 6.07 Å². The summed E-state index contributed by atoms with van der Waals surface area (Å²) >= 11 is 0. The van der Waals surface area contributed by atoms with E-state index in [1.807, 2.05) is 0 Å². The van der Waals surface area contributed by atoms with Crippen LogP contribution in [0, 0.1) is 11.6 Å². The first kappa shape index (κ1) is 17.4. The molecule has 2 rings (SSSR count). The smallest absolute Gasteiger partial charge is 0.338 e. The summed E-state index contributed by atoms with van der Waals surface area (Å²) in [4.78, 5) is 23.6. The Morgan fingerprint density at radius 1 is 1.08 bits per heavy atom. The second-order valence-electron chi connectivity index (χ2n) is 4.71. The van der Waals surface area contributed by atoms with E-state index in [0.29, 0.717) is 24.1 Å². The molecule has 0 aromatic heterocycles. The van der Waals surface area contributed by atoms with E-state index in [9.17, 15) is 18.4 Å². The van der Waals surface area contributed by atoms with Gasteiger partial charge in [0.1, 0.15) is 17.4 Å². The third-order valence-corrected chi connectivity index (χ3v) is 2.89. The van der Waals surface area contributed by atoms with E-state index in [0.717, 1.165) is 12.1 Å². The lowest BCUT2D eigenvalue weighted by Gasteiger charge is -2.11. The molecule has 0 saturated heterocycles. The minimum atomic E-state index is -0.998. The Kier molecular flexibility index (Phi) is 5.83. The molecular weight excluding hydrogens is 320 g/mol. The Balaban J connectivity index is 1.95. The Morgan fingerprint density at radius 3 is 2.42 bits per heavy atom. The van der Waals surface area contributed by atoms with E-state index >= 15 is 0 Å². The summed E-state index contributed by atoms with van der Waals surface area (Å²) in [7, 11) is 0. The molecule has 0 saturated carbocycles. The maximum absolute atomic E-state index is 13.1. The molecule has 0 aliphatic rings. The van der Waals surface area contributed by atoms with E-state index in [4.69, 9.17) is 9.47 Å². The van der Waals surface area contributed by atoms with Crippen LogP contribution in [0.15, 0.2) is 42.5 Å². The number of carbonyl (C=O) groups excluding carboxylic acids is 2. The van der Waals surface area contributed by atoms with Crippen LogP contribution in [0.2, 0.25) is 0 Å². The lowest BCUT2D eigenvalue weighted by molar-refractivity contribution is -0.119. The topological polar surface area (TPSA) is 64.6 Å². The molecule has 2 aromatic rings. The molecule has 0 fully saturated rings. The highest BCUT2D eigenvalue weighted by Crippen LogP contribution is 2.23. The van der Waals surface area contributed by atoms with Gasteiger partial charge in [-0.15, -0.1) is 0 Å². The predicted octanol–water partition coefficient (Wildman–Crippen LogP) is 3.16. The highest BCUT2D eigenvalue weighted by atomic mass is 19.1.